The monoisotopic (exact) mass is 486 g/mol. The molecule has 2 aromatic heterocycles. The fourth-order valence-electron chi connectivity index (χ4n) is 4.01. The molecule has 9 heteroatoms. The van der Waals surface area contributed by atoms with Crippen LogP contribution < -0.4 is 19.5 Å². The number of hydrogen-bond acceptors (Lipinski definition) is 7. The van der Waals surface area contributed by atoms with Crippen molar-refractivity contribution in [3.63, 3.8) is 0 Å². The van der Waals surface area contributed by atoms with E-state index in [0.717, 1.165) is 26.8 Å². The van der Waals surface area contributed by atoms with E-state index >= 15 is 0 Å². The van der Waals surface area contributed by atoms with Crippen molar-refractivity contribution in [3.8, 4) is 22.1 Å². The summed E-state index contributed by atoms with van der Waals surface area (Å²) in [6.07, 6.45) is 7.90. The van der Waals surface area contributed by atoms with Crippen LogP contribution in [0.2, 0.25) is 0 Å². The van der Waals surface area contributed by atoms with E-state index in [1.165, 1.54) is 32.1 Å². The van der Waals surface area contributed by atoms with Gasteiger partial charge in [0, 0.05) is 12.1 Å². The molecule has 0 spiro atoms. The van der Waals surface area contributed by atoms with Gasteiger partial charge >= 0.3 is 0 Å². The van der Waals surface area contributed by atoms with E-state index in [2.05, 4.69) is 15.0 Å². The summed E-state index contributed by atoms with van der Waals surface area (Å²) in [6.45, 7) is 3.93. The van der Waals surface area contributed by atoms with E-state index in [4.69, 9.17) is 14.5 Å². The standard InChI is InChI=1S/C24H30N4O3S2/c1-15-12-22(31-4)25-14-19(15)28-33(29)21-13-17(10-11-20(21)30-3)23-16(2)26-24(32-23)27-18-8-6-5-7-9-18/h10-14,18,28H,5-9H2,1-4H3,(H,26,27). The molecule has 4 rings (SSSR count). The summed E-state index contributed by atoms with van der Waals surface area (Å²) in [7, 11) is 1.61. The van der Waals surface area contributed by atoms with E-state index < -0.39 is 11.0 Å². The summed E-state index contributed by atoms with van der Waals surface area (Å²) in [6, 6.07) is 8.07. The highest BCUT2D eigenvalue weighted by atomic mass is 32.2. The lowest BCUT2D eigenvalue weighted by Gasteiger charge is -2.22. The summed E-state index contributed by atoms with van der Waals surface area (Å²) in [4.78, 5) is 10.6. The molecule has 0 aliphatic heterocycles. The van der Waals surface area contributed by atoms with Crippen molar-refractivity contribution in [2.24, 2.45) is 0 Å². The number of nitrogens with one attached hydrogen (secondary N) is 2. The largest absolute Gasteiger partial charge is 0.495 e. The van der Waals surface area contributed by atoms with Crippen LogP contribution in [0.15, 0.2) is 35.4 Å². The molecule has 0 saturated heterocycles. The van der Waals surface area contributed by atoms with Gasteiger partial charge in [0.2, 0.25) is 5.88 Å². The van der Waals surface area contributed by atoms with Gasteiger partial charge < -0.3 is 14.8 Å². The maximum absolute atomic E-state index is 13.3. The maximum atomic E-state index is 13.3. The molecule has 1 unspecified atom stereocenters. The van der Waals surface area contributed by atoms with Crippen LogP contribution in [0.1, 0.15) is 43.4 Å². The summed E-state index contributed by atoms with van der Waals surface area (Å²) in [5.74, 6) is 1.08. The molecule has 1 saturated carbocycles. The molecule has 0 amide bonds. The Morgan fingerprint density at radius 1 is 1.09 bits per heavy atom. The lowest BCUT2D eigenvalue weighted by molar-refractivity contribution is 0.397. The van der Waals surface area contributed by atoms with Crippen molar-refractivity contribution in [3.05, 3.63) is 41.7 Å². The number of aromatic nitrogens is 2. The van der Waals surface area contributed by atoms with Gasteiger partial charge in [0.05, 0.1) is 36.7 Å². The molecule has 1 aromatic carbocycles. The predicted octanol–water partition coefficient (Wildman–Crippen LogP) is 5.72. The summed E-state index contributed by atoms with van der Waals surface area (Å²) in [5, 5.41) is 4.56. The molecule has 1 aliphatic carbocycles. The summed E-state index contributed by atoms with van der Waals surface area (Å²) in [5.41, 5.74) is 3.50. The Labute approximate surface area is 201 Å². The SMILES string of the molecule is COc1cc(C)c(NS(=O)c2cc(-c3sc(NC4CCCCC4)nc3C)ccc2OC)cn1. The number of pyridine rings is 1. The molecule has 2 heterocycles. The van der Waals surface area contributed by atoms with E-state index in [1.807, 2.05) is 32.0 Å². The molecule has 3 aromatic rings. The van der Waals surface area contributed by atoms with Crippen molar-refractivity contribution < 1.29 is 13.7 Å². The summed E-state index contributed by atoms with van der Waals surface area (Å²) < 4.78 is 27.0. The van der Waals surface area contributed by atoms with E-state index in [9.17, 15) is 4.21 Å². The number of nitrogens with zero attached hydrogens (tertiary/aromatic N) is 2. The van der Waals surface area contributed by atoms with Crippen molar-refractivity contribution >= 4 is 33.1 Å². The number of rotatable bonds is 8. The third-order valence-corrected chi connectivity index (χ3v) is 8.11. The van der Waals surface area contributed by atoms with Crippen molar-refractivity contribution in [1.82, 2.24) is 9.97 Å². The van der Waals surface area contributed by atoms with Gasteiger partial charge in [-0.3, -0.25) is 4.72 Å². The minimum absolute atomic E-state index is 0.502. The van der Waals surface area contributed by atoms with Gasteiger partial charge in [0.15, 0.2) is 16.1 Å². The van der Waals surface area contributed by atoms with Gasteiger partial charge in [0.25, 0.3) is 0 Å². The fraction of sp³-hybridized carbons (Fsp3) is 0.417. The van der Waals surface area contributed by atoms with Crippen LogP contribution in [0.5, 0.6) is 11.6 Å². The first-order valence-electron chi connectivity index (χ1n) is 11.1. The third kappa shape index (κ3) is 5.47. The molecule has 1 aliphatic rings. The number of aryl methyl sites for hydroxylation is 2. The highest BCUT2D eigenvalue weighted by molar-refractivity contribution is 7.86. The number of thiazole rings is 1. The van der Waals surface area contributed by atoms with Crippen molar-refractivity contribution in [1.29, 1.82) is 0 Å². The average Bonchev–Trinajstić information content (AvgIpc) is 3.20. The molecule has 2 N–H and O–H groups in total. The first-order chi connectivity index (χ1) is 16.0. The Morgan fingerprint density at radius 3 is 2.58 bits per heavy atom. The second-order valence-corrected chi connectivity index (χ2v) is 10.4. The molecule has 7 nitrogen and oxygen atoms in total. The van der Waals surface area contributed by atoms with E-state index in [0.29, 0.717) is 28.3 Å². The minimum atomic E-state index is -1.54. The zero-order valence-corrected chi connectivity index (χ0v) is 21.1. The lowest BCUT2D eigenvalue weighted by atomic mass is 9.96. The maximum Gasteiger partial charge on any atom is 0.213 e. The number of anilines is 2. The lowest BCUT2D eigenvalue weighted by Crippen LogP contribution is -2.21. The first kappa shape index (κ1) is 23.5. The second kappa shape index (κ2) is 10.5. The Kier molecular flexibility index (Phi) is 7.49. The Balaban J connectivity index is 1.58. The molecular formula is C24H30N4O3S2. The van der Waals surface area contributed by atoms with Crippen LogP contribution in [-0.4, -0.2) is 34.4 Å². The average molecular weight is 487 g/mol. The van der Waals surface area contributed by atoms with Crippen molar-refractivity contribution in [2.45, 2.75) is 56.9 Å². The zero-order chi connectivity index (χ0) is 23.4. The number of methoxy groups -OCH3 is 2. The number of benzene rings is 1. The van der Waals surface area contributed by atoms with Gasteiger partial charge in [-0.05, 0) is 56.0 Å². The molecule has 1 atom stereocenters. The number of ether oxygens (including phenoxy) is 2. The summed E-state index contributed by atoms with van der Waals surface area (Å²) >= 11 is 1.64. The topological polar surface area (TPSA) is 85.4 Å². The Hall–Kier alpha value is -2.65. The zero-order valence-electron chi connectivity index (χ0n) is 19.4. The highest BCUT2D eigenvalue weighted by Gasteiger charge is 2.19. The van der Waals surface area contributed by atoms with Gasteiger partial charge in [-0.2, -0.15) is 0 Å². The molecule has 33 heavy (non-hydrogen) atoms. The van der Waals surface area contributed by atoms with Crippen molar-refractivity contribution in [2.75, 3.05) is 24.3 Å². The second-order valence-electron chi connectivity index (χ2n) is 8.19. The van der Waals surface area contributed by atoms with Crippen LogP contribution in [0.25, 0.3) is 10.4 Å². The van der Waals surface area contributed by atoms with Gasteiger partial charge in [0.1, 0.15) is 10.6 Å². The molecule has 1 fully saturated rings. The Morgan fingerprint density at radius 2 is 1.88 bits per heavy atom. The van der Waals surface area contributed by atoms with Crippen LogP contribution in [-0.2, 0) is 11.0 Å². The third-order valence-electron chi connectivity index (χ3n) is 5.85. The predicted molar refractivity (Wildman–Crippen MR) is 135 cm³/mol. The fourth-order valence-corrected chi connectivity index (χ4v) is 6.15. The normalized spacial score (nSPS) is 15.2. The quantitative estimate of drug-likeness (QED) is 0.424. The number of hydrogen-bond donors (Lipinski definition) is 2. The van der Waals surface area contributed by atoms with Crippen LogP contribution in [0, 0.1) is 13.8 Å². The molecule has 176 valence electrons. The smallest absolute Gasteiger partial charge is 0.213 e. The van der Waals surface area contributed by atoms with Gasteiger partial charge in [-0.25, -0.2) is 14.2 Å². The van der Waals surface area contributed by atoms with Crippen LogP contribution >= 0.6 is 11.3 Å². The first-order valence-corrected chi connectivity index (χ1v) is 13.1. The highest BCUT2D eigenvalue weighted by Crippen LogP contribution is 2.37. The molecule has 0 bridgehead atoms. The van der Waals surface area contributed by atoms with Gasteiger partial charge in [-0.1, -0.05) is 30.6 Å². The molecule has 0 radical (unpaired) electrons. The molecular weight excluding hydrogens is 456 g/mol. The van der Waals surface area contributed by atoms with Crippen LogP contribution in [0.4, 0.5) is 10.8 Å². The minimum Gasteiger partial charge on any atom is -0.495 e. The van der Waals surface area contributed by atoms with Crippen LogP contribution in [0.3, 0.4) is 0 Å². The van der Waals surface area contributed by atoms with Gasteiger partial charge in [-0.15, -0.1) is 0 Å². The Bertz CT molecular complexity index is 1140. The van der Waals surface area contributed by atoms with E-state index in [-0.39, 0.29) is 0 Å². The van der Waals surface area contributed by atoms with E-state index in [1.54, 1.807) is 37.8 Å².